The van der Waals surface area contributed by atoms with Crippen LogP contribution in [0.4, 0.5) is 4.39 Å². The molecule has 0 radical (unpaired) electrons. The summed E-state index contributed by atoms with van der Waals surface area (Å²) in [6.07, 6.45) is 8.00. The molecular weight excluding hydrogens is 379 g/mol. The number of benzene rings is 1. The van der Waals surface area contributed by atoms with Gasteiger partial charge in [-0.2, -0.15) is 5.10 Å². The first-order valence-electron chi connectivity index (χ1n) is 9.94. The minimum atomic E-state index is -0.262. The number of hydrogen-bond acceptors (Lipinski definition) is 3. The third-order valence-electron chi connectivity index (χ3n) is 6.20. The van der Waals surface area contributed by atoms with Gasteiger partial charge in [-0.15, -0.1) is 12.4 Å². The van der Waals surface area contributed by atoms with Gasteiger partial charge in [0.05, 0.1) is 11.4 Å². The zero-order valence-electron chi connectivity index (χ0n) is 15.9. The van der Waals surface area contributed by atoms with E-state index < -0.39 is 0 Å². The van der Waals surface area contributed by atoms with Gasteiger partial charge in [0.2, 0.25) is 5.91 Å². The smallest absolute Gasteiger partial charge is 0.223 e. The number of fused-ring (bicyclic) bond motifs is 2. The highest BCUT2D eigenvalue weighted by Crippen LogP contribution is 2.41. The Kier molecular flexibility index (Phi) is 6.73. The summed E-state index contributed by atoms with van der Waals surface area (Å²) < 4.78 is 14.7. The molecule has 152 valence electrons. The maximum Gasteiger partial charge on any atom is 0.223 e. The number of nitrogens with two attached hydrogens (primary N) is 1. The molecule has 2 fully saturated rings. The van der Waals surface area contributed by atoms with Crippen molar-refractivity contribution in [3.8, 4) is 5.69 Å². The molecule has 1 heterocycles. The number of hydrogen-bond donors (Lipinski definition) is 2. The minimum Gasteiger partial charge on any atom is -0.355 e. The quantitative estimate of drug-likeness (QED) is 0.800. The van der Waals surface area contributed by atoms with Gasteiger partial charge in [-0.25, -0.2) is 9.07 Å². The van der Waals surface area contributed by atoms with Gasteiger partial charge >= 0.3 is 0 Å². The fourth-order valence-corrected chi connectivity index (χ4v) is 4.69. The van der Waals surface area contributed by atoms with E-state index in [1.807, 2.05) is 12.3 Å². The van der Waals surface area contributed by atoms with E-state index in [9.17, 15) is 9.18 Å². The van der Waals surface area contributed by atoms with Crippen molar-refractivity contribution in [2.24, 2.45) is 23.5 Å². The van der Waals surface area contributed by atoms with E-state index in [1.165, 1.54) is 31.4 Å². The van der Waals surface area contributed by atoms with Crippen LogP contribution in [-0.2, 0) is 11.2 Å². The van der Waals surface area contributed by atoms with Crippen LogP contribution in [0.25, 0.3) is 5.69 Å². The Hall–Kier alpha value is -1.92. The molecule has 2 atom stereocenters. The topological polar surface area (TPSA) is 72.9 Å². The van der Waals surface area contributed by atoms with Gasteiger partial charge in [0.25, 0.3) is 0 Å². The molecule has 2 unspecified atom stereocenters. The first-order valence-corrected chi connectivity index (χ1v) is 9.94. The fourth-order valence-electron chi connectivity index (χ4n) is 4.69. The largest absolute Gasteiger partial charge is 0.355 e. The number of aromatic nitrogens is 2. The van der Waals surface area contributed by atoms with Gasteiger partial charge in [-0.3, -0.25) is 4.79 Å². The highest BCUT2D eigenvalue weighted by Gasteiger charge is 2.40. The van der Waals surface area contributed by atoms with Gasteiger partial charge in [0.1, 0.15) is 5.82 Å². The van der Waals surface area contributed by atoms with Gasteiger partial charge in [-0.1, -0.05) is 6.42 Å². The second-order valence-corrected chi connectivity index (χ2v) is 7.97. The Labute approximate surface area is 171 Å². The van der Waals surface area contributed by atoms with Crippen molar-refractivity contribution >= 4 is 18.3 Å². The number of amides is 1. The third kappa shape index (κ3) is 4.55. The number of nitrogens with one attached hydrogen (secondary N) is 1. The van der Waals surface area contributed by atoms with Crippen LogP contribution in [0, 0.1) is 23.6 Å². The molecule has 5 nitrogen and oxygen atoms in total. The lowest BCUT2D eigenvalue weighted by atomic mass is 9.65. The van der Waals surface area contributed by atoms with E-state index >= 15 is 0 Å². The molecule has 2 aliphatic rings. The molecule has 0 spiro atoms. The van der Waals surface area contributed by atoms with Crippen LogP contribution < -0.4 is 11.1 Å². The maximum atomic E-state index is 13.0. The molecule has 2 bridgehead atoms. The molecule has 3 N–H and O–H groups in total. The summed E-state index contributed by atoms with van der Waals surface area (Å²) in [7, 11) is 0. The number of carbonyl (C=O) groups excluding carboxylic acids is 1. The Balaban J connectivity index is 0.00000225. The van der Waals surface area contributed by atoms with Gasteiger partial charge in [0.15, 0.2) is 0 Å². The van der Waals surface area contributed by atoms with Crippen LogP contribution in [0.2, 0.25) is 0 Å². The molecule has 4 rings (SSSR count). The van der Waals surface area contributed by atoms with E-state index in [1.54, 1.807) is 16.8 Å². The lowest BCUT2D eigenvalue weighted by molar-refractivity contribution is -0.127. The van der Waals surface area contributed by atoms with Gasteiger partial charge < -0.3 is 11.1 Å². The van der Waals surface area contributed by atoms with Crippen molar-refractivity contribution in [1.82, 2.24) is 15.1 Å². The van der Waals surface area contributed by atoms with E-state index in [0.29, 0.717) is 30.8 Å². The average molecular weight is 407 g/mol. The van der Waals surface area contributed by atoms with E-state index in [-0.39, 0.29) is 30.0 Å². The Bertz CT molecular complexity index is 780. The summed E-state index contributed by atoms with van der Waals surface area (Å²) in [5, 5.41) is 7.59. The second kappa shape index (κ2) is 9.05. The first-order chi connectivity index (χ1) is 13.1. The van der Waals surface area contributed by atoms with Crippen molar-refractivity contribution < 1.29 is 9.18 Å². The molecule has 1 amide bonds. The monoisotopic (exact) mass is 406 g/mol. The highest BCUT2D eigenvalue weighted by atomic mass is 35.5. The molecule has 2 saturated carbocycles. The van der Waals surface area contributed by atoms with Crippen molar-refractivity contribution in [3.63, 3.8) is 0 Å². The number of rotatable bonds is 5. The van der Waals surface area contributed by atoms with Crippen molar-refractivity contribution in [2.75, 3.05) is 6.54 Å². The highest BCUT2D eigenvalue weighted by molar-refractivity contribution is 5.85. The summed E-state index contributed by atoms with van der Waals surface area (Å²) in [6.45, 7) is 0.581. The Morgan fingerprint density at radius 3 is 2.54 bits per heavy atom. The van der Waals surface area contributed by atoms with Crippen LogP contribution in [0.5, 0.6) is 0 Å². The van der Waals surface area contributed by atoms with Crippen LogP contribution in [0.3, 0.4) is 0 Å². The molecular formula is C21H28ClFN4O. The van der Waals surface area contributed by atoms with Crippen LogP contribution >= 0.6 is 12.4 Å². The number of nitrogens with zero attached hydrogens (tertiary/aromatic N) is 2. The molecule has 1 aromatic heterocycles. The predicted molar refractivity (Wildman–Crippen MR) is 109 cm³/mol. The van der Waals surface area contributed by atoms with Crippen molar-refractivity contribution in [2.45, 2.75) is 44.6 Å². The van der Waals surface area contributed by atoms with Crippen LogP contribution in [-0.4, -0.2) is 28.3 Å². The third-order valence-corrected chi connectivity index (χ3v) is 6.20. The van der Waals surface area contributed by atoms with Crippen LogP contribution in [0.15, 0.2) is 36.5 Å². The number of carbonyl (C=O) groups is 1. The molecule has 2 aliphatic carbocycles. The normalized spacial score (nSPS) is 26.4. The lowest BCUT2D eigenvalue weighted by Crippen LogP contribution is -2.49. The summed E-state index contributed by atoms with van der Waals surface area (Å²) >= 11 is 0. The van der Waals surface area contributed by atoms with E-state index in [0.717, 1.165) is 24.2 Å². The molecule has 28 heavy (non-hydrogen) atoms. The van der Waals surface area contributed by atoms with E-state index in [4.69, 9.17) is 5.73 Å². The standard InChI is InChI=1S/C21H27FN4O.ClH/c22-17-4-6-19(7-5-17)26-11-9-18(25-26)8-10-24-21(27)16-12-14-2-1-3-15(13-16)20(14)23;/h4-7,9,11,14-16,20H,1-3,8,10,12-13,23H2,(H,24,27);1H. The SMILES string of the molecule is Cl.NC1C2CCCC1CC(C(=O)NCCc1ccn(-c3ccc(F)cc3)n1)C2. The van der Waals surface area contributed by atoms with Gasteiger partial charge in [0, 0.05) is 31.1 Å². The van der Waals surface area contributed by atoms with Crippen LogP contribution in [0.1, 0.15) is 37.8 Å². The molecule has 2 aromatic rings. The minimum absolute atomic E-state index is 0. The molecule has 7 heteroatoms. The first kappa shape index (κ1) is 20.8. The zero-order chi connectivity index (χ0) is 18.8. The summed E-state index contributed by atoms with van der Waals surface area (Å²) in [5.74, 6) is 1.04. The predicted octanol–water partition coefficient (Wildman–Crippen LogP) is 3.25. The average Bonchev–Trinajstić information content (AvgIpc) is 3.11. The zero-order valence-corrected chi connectivity index (χ0v) is 16.7. The second-order valence-electron chi connectivity index (χ2n) is 7.97. The molecule has 0 aliphatic heterocycles. The summed E-state index contributed by atoms with van der Waals surface area (Å²) in [6, 6.07) is 8.44. The molecule has 0 saturated heterocycles. The van der Waals surface area contributed by atoms with E-state index in [2.05, 4.69) is 10.4 Å². The van der Waals surface area contributed by atoms with Gasteiger partial charge in [-0.05, 0) is 67.9 Å². The summed E-state index contributed by atoms with van der Waals surface area (Å²) in [4.78, 5) is 12.6. The van der Waals surface area contributed by atoms with Crippen molar-refractivity contribution in [1.29, 1.82) is 0 Å². The Morgan fingerprint density at radius 1 is 1.18 bits per heavy atom. The fraction of sp³-hybridized carbons (Fsp3) is 0.524. The summed E-state index contributed by atoms with van der Waals surface area (Å²) in [5.41, 5.74) is 8.04. The number of halogens is 2. The van der Waals surface area contributed by atoms with Crippen molar-refractivity contribution in [3.05, 3.63) is 48.0 Å². The maximum absolute atomic E-state index is 13.0. The lowest BCUT2D eigenvalue weighted by Gasteiger charge is -2.43. The Morgan fingerprint density at radius 2 is 1.86 bits per heavy atom. The molecule has 1 aromatic carbocycles.